The highest BCUT2D eigenvalue weighted by atomic mass is 16.7. The van der Waals surface area contributed by atoms with Crippen molar-refractivity contribution in [3.63, 3.8) is 0 Å². The number of esters is 1. The molecule has 1 unspecified atom stereocenters. The van der Waals surface area contributed by atoms with Crippen molar-refractivity contribution in [2.75, 3.05) is 0 Å². The van der Waals surface area contributed by atoms with E-state index in [1.54, 1.807) is 6.92 Å². The fourth-order valence-corrected chi connectivity index (χ4v) is 2.04. The van der Waals surface area contributed by atoms with E-state index in [0.717, 1.165) is 0 Å². The van der Waals surface area contributed by atoms with Crippen molar-refractivity contribution in [2.24, 2.45) is 5.92 Å². The molecule has 0 saturated carbocycles. The summed E-state index contributed by atoms with van der Waals surface area (Å²) < 4.78 is 10.2. The first-order chi connectivity index (χ1) is 6.44. The Morgan fingerprint density at radius 2 is 2.29 bits per heavy atom. The van der Waals surface area contributed by atoms with Crippen molar-refractivity contribution in [1.82, 2.24) is 0 Å². The van der Waals surface area contributed by atoms with Gasteiger partial charge in [-0.3, -0.25) is 4.79 Å². The molecule has 2 rings (SSSR count). The van der Waals surface area contributed by atoms with Gasteiger partial charge in [-0.25, -0.2) is 0 Å². The van der Waals surface area contributed by atoms with Crippen LogP contribution in [0, 0.1) is 5.92 Å². The first kappa shape index (κ1) is 9.89. The fourth-order valence-electron chi connectivity index (χ4n) is 2.04. The van der Waals surface area contributed by atoms with Crippen molar-refractivity contribution in [1.29, 1.82) is 0 Å². The number of fused-ring (bicyclic) bond motifs is 1. The molecule has 0 aliphatic carbocycles. The van der Waals surface area contributed by atoms with E-state index in [-0.39, 0.29) is 18.5 Å². The summed E-state index contributed by atoms with van der Waals surface area (Å²) in [6.45, 7) is 3.16. The molecule has 14 heavy (non-hydrogen) atoms. The number of hydrogen-bond donors (Lipinski definition) is 2. The van der Waals surface area contributed by atoms with E-state index < -0.39 is 23.9 Å². The van der Waals surface area contributed by atoms with Crippen LogP contribution in [0.4, 0.5) is 0 Å². The van der Waals surface area contributed by atoms with Gasteiger partial charge >= 0.3 is 5.97 Å². The van der Waals surface area contributed by atoms with Crippen molar-refractivity contribution >= 4 is 5.97 Å². The molecule has 2 aliphatic rings. The van der Waals surface area contributed by atoms with E-state index >= 15 is 0 Å². The lowest BCUT2D eigenvalue weighted by Crippen LogP contribution is -2.42. The Balaban J connectivity index is 2.18. The van der Waals surface area contributed by atoms with Crippen LogP contribution in [0.1, 0.15) is 20.3 Å². The van der Waals surface area contributed by atoms with Crippen molar-refractivity contribution < 1.29 is 24.5 Å². The number of aliphatic hydroxyl groups is 2. The topological polar surface area (TPSA) is 76.0 Å². The Bertz CT molecular complexity index is 264. The maximum atomic E-state index is 11.3. The lowest BCUT2D eigenvalue weighted by molar-refractivity contribution is -0.249. The number of carbonyl (C=O) groups is 1. The van der Waals surface area contributed by atoms with Crippen LogP contribution >= 0.6 is 0 Å². The number of ether oxygens (including phenoxy) is 2. The van der Waals surface area contributed by atoms with Crippen molar-refractivity contribution in [2.45, 2.75) is 44.4 Å². The van der Waals surface area contributed by atoms with Crippen LogP contribution in [0.15, 0.2) is 0 Å². The van der Waals surface area contributed by atoms with Gasteiger partial charge in [-0.2, -0.15) is 0 Å². The molecule has 0 bridgehead atoms. The number of hydrogen-bond acceptors (Lipinski definition) is 5. The number of cyclic esters (lactones) is 1. The first-order valence-corrected chi connectivity index (χ1v) is 4.73. The SMILES string of the molecule is CC(O)[C@]1(O)C[C@@H]2C(=O)O[C@H](C)[C@@H]2O1. The zero-order valence-electron chi connectivity index (χ0n) is 8.14. The molecule has 5 nitrogen and oxygen atoms in total. The molecule has 2 fully saturated rings. The Kier molecular flexibility index (Phi) is 2.06. The average Bonchev–Trinajstić information content (AvgIpc) is 2.54. The minimum absolute atomic E-state index is 0.110. The van der Waals surface area contributed by atoms with Crippen LogP contribution in [-0.2, 0) is 14.3 Å². The lowest BCUT2D eigenvalue weighted by Gasteiger charge is -2.27. The molecule has 2 saturated heterocycles. The summed E-state index contributed by atoms with van der Waals surface area (Å²) in [5, 5.41) is 19.1. The maximum Gasteiger partial charge on any atom is 0.312 e. The highest BCUT2D eigenvalue weighted by Gasteiger charge is 2.57. The van der Waals surface area contributed by atoms with Crippen LogP contribution in [-0.4, -0.2) is 40.3 Å². The third-order valence-corrected chi connectivity index (χ3v) is 2.97. The van der Waals surface area contributed by atoms with Gasteiger partial charge in [-0.1, -0.05) is 0 Å². The molecule has 0 aromatic rings. The normalized spacial score (nSPS) is 48.9. The maximum absolute atomic E-state index is 11.3. The van der Waals surface area contributed by atoms with E-state index in [1.165, 1.54) is 6.92 Å². The van der Waals surface area contributed by atoms with E-state index in [9.17, 15) is 15.0 Å². The number of aliphatic hydroxyl groups excluding tert-OH is 1. The Morgan fingerprint density at radius 1 is 1.64 bits per heavy atom. The zero-order chi connectivity index (χ0) is 10.5. The molecule has 0 amide bonds. The van der Waals surface area contributed by atoms with Gasteiger partial charge < -0.3 is 19.7 Å². The van der Waals surface area contributed by atoms with Gasteiger partial charge in [-0.15, -0.1) is 0 Å². The highest BCUT2D eigenvalue weighted by molar-refractivity contribution is 5.76. The Labute approximate surface area is 81.6 Å². The summed E-state index contributed by atoms with van der Waals surface area (Å²) in [5.74, 6) is -2.38. The predicted molar refractivity (Wildman–Crippen MR) is 45.2 cm³/mol. The summed E-state index contributed by atoms with van der Waals surface area (Å²) in [5.41, 5.74) is 0. The second-order valence-corrected chi connectivity index (χ2v) is 4.06. The van der Waals surface area contributed by atoms with Crippen molar-refractivity contribution in [3.05, 3.63) is 0 Å². The lowest BCUT2D eigenvalue weighted by atomic mass is 9.96. The molecule has 0 aromatic heterocycles. The molecule has 2 aliphatic heterocycles. The average molecular weight is 202 g/mol. The minimum atomic E-state index is -1.59. The molecular weight excluding hydrogens is 188 g/mol. The van der Waals surface area contributed by atoms with E-state index in [4.69, 9.17) is 9.47 Å². The number of carbonyl (C=O) groups excluding carboxylic acids is 1. The van der Waals surface area contributed by atoms with Gasteiger partial charge in [0.1, 0.15) is 18.3 Å². The summed E-state index contributed by atoms with van der Waals surface area (Å²) in [7, 11) is 0. The van der Waals surface area contributed by atoms with Gasteiger partial charge in [0, 0.05) is 6.42 Å². The summed E-state index contributed by atoms with van der Waals surface area (Å²) in [6, 6.07) is 0. The summed E-state index contributed by atoms with van der Waals surface area (Å²) in [4.78, 5) is 11.3. The first-order valence-electron chi connectivity index (χ1n) is 4.73. The Morgan fingerprint density at radius 3 is 2.79 bits per heavy atom. The molecule has 2 N–H and O–H groups in total. The van der Waals surface area contributed by atoms with Gasteiger partial charge in [0.2, 0.25) is 0 Å². The van der Waals surface area contributed by atoms with Crippen LogP contribution in [0.25, 0.3) is 0 Å². The van der Waals surface area contributed by atoms with Gasteiger partial charge in [-0.05, 0) is 13.8 Å². The highest BCUT2D eigenvalue weighted by Crippen LogP contribution is 2.42. The fraction of sp³-hybridized carbons (Fsp3) is 0.889. The third-order valence-electron chi connectivity index (χ3n) is 2.97. The van der Waals surface area contributed by atoms with Crippen LogP contribution in [0.2, 0.25) is 0 Å². The monoisotopic (exact) mass is 202 g/mol. The van der Waals surface area contributed by atoms with E-state index in [1.807, 2.05) is 0 Å². The standard InChI is InChI=1S/C9H14O5/c1-4-7-6(8(11)13-4)3-9(12,14-7)5(2)10/h4-7,10,12H,3H2,1-2H3/t4-,5?,6+,7+,9+/m1/s1. The molecule has 0 aromatic carbocycles. The summed E-state index contributed by atoms with van der Waals surface area (Å²) in [6.07, 6.45) is -1.67. The van der Waals surface area contributed by atoms with E-state index in [2.05, 4.69) is 0 Å². The second-order valence-electron chi connectivity index (χ2n) is 4.06. The largest absolute Gasteiger partial charge is 0.460 e. The van der Waals surface area contributed by atoms with E-state index in [0.29, 0.717) is 0 Å². The zero-order valence-corrected chi connectivity index (χ0v) is 8.14. The van der Waals surface area contributed by atoms with Crippen LogP contribution < -0.4 is 0 Å². The van der Waals surface area contributed by atoms with Crippen molar-refractivity contribution in [3.8, 4) is 0 Å². The molecule has 5 atom stereocenters. The quantitative estimate of drug-likeness (QED) is 0.556. The third kappa shape index (κ3) is 1.24. The number of rotatable bonds is 1. The van der Waals surface area contributed by atoms with Gasteiger partial charge in [0.05, 0.1) is 5.92 Å². The molecule has 2 heterocycles. The van der Waals surface area contributed by atoms with Crippen LogP contribution in [0.5, 0.6) is 0 Å². The smallest absolute Gasteiger partial charge is 0.312 e. The summed E-state index contributed by atoms with van der Waals surface area (Å²) >= 11 is 0. The predicted octanol–water partition coefficient (Wildman–Crippen LogP) is -0.594. The van der Waals surface area contributed by atoms with Gasteiger partial charge in [0.25, 0.3) is 0 Å². The molecule has 5 heteroatoms. The van der Waals surface area contributed by atoms with Crippen LogP contribution in [0.3, 0.4) is 0 Å². The molecular formula is C9H14O5. The second kappa shape index (κ2) is 2.92. The minimum Gasteiger partial charge on any atom is -0.460 e. The van der Waals surface area contributed by atoms with Gasteiger partial charge in [0.15, 0.2) is 5.79 Å². The Hall–Kier alpha value is -0.650. The molecule has 0 radical (unpaired) electrons. The molecule has 80 valence electrons. The molecule has 0 spiro atoms.